The maximum absolute atomic E-state index is 10.3. The molecule has 0 unspecified atom stereocenters. The molecular weight excluding hydrogens is 270 g/mol. The van der Waals surface area contributed by atoms with Gasteiger partial charge in [-0.2, -0.15) is 0 Å². The summed E-state index contributed by atoms with van der Waals surface area (Å²) < 4.78 is 0. The van der Waals surface area contributed by atoms with E-state index in [-0.39, 0.29) is 17.5 Å². The Morgan fingerprint density at radius 3 is 2.00 bits per heavy atom. The SMILES string of the molecule is C[C@H](c1ccccc1)N(C)[C@H](c1ccccc1O)C(C)(C)C. The van der Waals surface area contributed by atoms with Crippen molar-refractivity contribution in [3.8, 4) is 5.75 Å². The topological polar surface area (TPSA) is 23.5 Å². The zero-order chi connectivity index (χ0) is 16.3. The van der Waals surface area contributed by atoms with Crippen molar-refractivity contribution in [3.05, 3.63) is 65.7 Å². The lowest BCUT2D eigenvalue weighted by Gasteiger charge is -2.42. The third-order valence-corrected chi connectivity index (χ3v) is 4.35. The summed E-state index contributed by atoms with van der Waals surface area (Å²) in [6.07, 6.45) is 0. The molecule has 0 aromatic heterocycles. The molecule has 0 fully saturated rings. The lowest BCUT2D eigenvalue weighted by Crippen LogP contribution is -2.36. The van der Waals surface area contributed by atoms with Crippen LogP contribution in [0.1, 0.15) is 50.9 Å². The van der Waals surface area contributed by atoms with Crippen LogP contribution in [0.5, 0.6) is 5.75 Å². The number of benzene rings is 2. The molecule has 0 aliphatic rings. The first-order chi connectivity index (χ1) is 10.3. The molecule has 22 heavy (non-hydrogen) atoms. The zero-order valence-corrected chi connectivity index (χ0v) is 14.2. The minimum Gasteiger partial charge on any atom is -0.508 e. The van der Waals surface area contributed by atoms with E-state index < -0.39 is 0 Å². The Bertz CT molecular complexity index is 601. The van der Waals surface area contributed by atoms with Crippen LogP contribution >= 0.6 is 0 Å². The molecule has 2 aromatic rings. The van der Waals surface area contributed by atoms with E-state index in [0.29, 0.717) is 5.75 Å². The molecule has 2 atom stereocenters. The van der Waals surface area contributed by atoms with Gasteiger partial charge in [-0.25, -0.2) is 0 Å². The van der Waals surface area contributed by atoms with Crippen LogP contribution in [-0.2, 0) is 0 Å². The van der Waals surface area contributed by atoms with E-state index in [4.69, 9.17) is 0 Å². The van der Waals surface area contributed by atoms with Crippen LogP contribution in [0.2, 0.25) is 0 Å². The smallest absolute Gasteiger partial charge is 0.120 e. The number of rotatable bonds is 4. The lowest BCUT2D eigenvalue weighted by atomic mass is 9.80. The molecule has 0 aliphatic carbocycles. The molecular formula is C20H27NO. The third-order valence-electron chi connectivity index (χ3n) is 4.35. The second kappa shape index (κ2) is 6.53. The molecule has 0 spiro atoms. The first kappa shape index (κ1) is 16.6. The summed E-state index contributed by atoms with van der Waals surface area (Å²) in [6.45, 7) is 8.88. The van der Waals surface area contributed by atoms with Crippen molar-refractivity contribution in [3.63, 3.8) is 0 Å². The first-order valence-electron chi connectivity index (χ1n) is 7.87. The highest BCUT2D eigenvalue weighted by Gasteiger charge is 2.34. The number of hydrogen-bond acceptors (Lipinski definition) is 2. The Hall–Kier alpha value is -1.80. The quantitative estimate of drug-likeness (QED) is 0.841. The van der Waals surface area contributed by atoms with Crippen molar-refractivity contribution in [1.82, 2.24) is 4.90 Å². The van der Waals surface area contributed by atoms with Crippen LogP contribution in [0.3, 0.4) is 0 Å². The largest absolute Gasteiger partial charge is 0.508 e. The normalized spacial score (nSPS) is 14.8. The summed E-state index contributed by atoms with van der Waals surface area (Å²) >= 11 is 0. The second-order valence-corrected chi connectivity index (χ2v) is 7.08. The Morgan fingerprint density at radius 2 is 1.45 bits per heavy atom. The highest BCUT2D eigenvalue weighted by atomic mass is 16.3. The maximum Gasteiger partial charge on any atom is 0.120 e. The number of hydrogen-bond donors (Lipinski definition) is 1. The fourth-order valence-electron chi connectivity index (χ4n) is 3.21. The summed E-state index contributed by atoms with van der Waals surface area (Å²) in [5.41, 5.74) is 2.28. The summed E-state index contributed by atoms with van der Waals surface area (Å²) in [5.74, 6) is 0.370. The standard InChI is InChI=1S/C20H27NO/c1-15(16-11-7-6-8-12-16)21(5)19(20(2,3)4)17-13-9-10-14-18(17)22/h6-15,19,22H,1-5H3/t15-,19-/m1/s1. The summed E-state index contributed by atoms with van der Waals surface area (Å²) in [6, 6.07) is 18.6. The van der Waals surface area contributed by atoms with Gasteiger partial charge in [-0.3, -0.25) is 4.90 Å². The minimum atomic E-state index is 0.0105. The maximum atomic E-state index is 10.3. The highest BCUT2D eigenvalue weighted by Crippen LogP contribution is 2.43. The number of para-hydroxylation sites is 1. The van der Waals surface area contributed by atoms with Crippen molar-refractivity contribution in [2.24, 2.45) is 5.41 Å². The van der Waals surface area contributed by atoms with Crippen LogP contribution < -0.4 is 0 Å². The van der Waals surface area contributed by atoms with Gasteiger partial charge in [0, 0.05) is 17.6 Å². The van der Waals surface area contributed by atoms with E-state index in [0.717, 1.165) is 5.56 Å². The molecule has 0 heterocycles. The van der Waals surface area contributed by atoms with E-state index >= 15 is 0 Å². The number of nitrogens with zero attached hydrogens (tertiary/aromatic N) is 1. The van der Waals surface area contributed by atoms with Crippen LogP contribution in [0.15, 0.2) is 54.6 Å². The molecule has 2 rings (SSSR count). The molecule has 2 aromatic carbocycles. The van der Waals surface area contributed by atoms with Gasteiger partial charge in [0.05, 0.1) is 0 Å². The van der Waals surface area contributed by atoms with Crippen molar-refractivity contribution >= 4 is 0 Å². The van der Waals surface area contributed by atoms with Crippen LogP contribution in [0, 0.1) is 5.41 Å². The Morgan fingerprint density at radius 1 is 0.909 bits per heavy atom. The van der Waals surface area contributed by atoms with Crippen molar-refractivity contribution in [1.29, 1.82) is 0 Å². The van der Waals surface area contributed by atoms with E-state index in [2.05, 4.69) is 63.9 Å². The summed E-state index contributed by atoms with van der Waals surface area (Å²) in [7, 11) is 2.14. The van der Waals surface area contributed by atoms with E-state index in [1.54, 1.807) is 6.07 Å². The van der Waals surface area contributed by atoms with E-state index in [1.165, 1.54) is 5.56 Å². The van der Waals surface area contributed by atoms with Gasteiger partial charge in [0.15, 0.2) is 0 Å². The van der Waals surface area contributed by atoms with Crippen LogP contribution in [-0.4, -0.2) is 17.1 Å². The van der Waals surface area contributed by atoms with Crippen molar-refractivity contribution < 1.29 is 5.11 Å². The fourth-order valence-corrected chi connectivity index (χ4v) is 3.21. The lowest BCUT2D eigenvalue weighted by molar-refractivity contribution is 0.0884. The minimum absolute atomic E-state index is 0.0105. The molecule has 0 amide bonds. The van der Waals surface area contributed by atoms with Crippen molar-refractivity contribution in [2.75, 3.05) is 7.05 Å². The van der Waals surface area contributed by atoms with Gasteiger partial charge in [0.25, 0.3) is 0 Å². The fraction of sp³-hybridized carbons (Fsp3) is 0.400. The van der Waals surface area contributed by atoms with Crippen LogP contribution in [0.25, 0.3) is 0 Å². The van der Waals surface area contributed by atoms with E-state index in [1.807, 2.05) is 24.3 Å². The van der Waals surface area contributed by atoms with Crippen molar-refractivity contribution in [2.45, 2.75) is 39.8 Å². The summed E-state index contributed by atoms with van der Waals surface area (Å²) in [5, 5.41) is 10.3. The predicted molar refractivity (Wildman–Crippen MR) is 92.9 cm³/mol. The number of phenols is 1. The molecule has 0 bridgehead atoms. The van der Waals surface area contributed by atoms with Gasteiger partial charge in [-0.1, -0.05) is 69.3 Å². The van der Waals surface area contributed by atoms with Gasteiger partial charge in [-0.05, 0) is 31.0 Å². The molecule has 0 aliphatic heterocycles. The number of phenolic OH excluding ortho intramolecular Hbond substituents is 1. The second-order valence-electron chi connectivity index (χ2n) is 7.08. The molecule has 0 saturated heterocycles. The Kier molecular flexibility index (Phi) is 4.92. The van der Waals surface area contributed by atoms with Crippen LogP contribution in [0.4, 0.5) is 0 Å². The summed E-state index contributed by atoms with van der Waals surface area (Å²) in [4.78, 5) is 2.35. The van der Waals surface area contributed by atoms with Gasteiger partial charge >= 0.3 is 0 Å². The molecule has 2 heteroatoms. The number of aromatic hydroxyl groups is 1. The van der Waals surface area contributed by atoms with Gasteiger partial charge in [0.2, 0.25) is 0 Å². The molecule has 2 nitrogen and oxygen atoms in total. The molecule has 1 N–H and O–H groups in total. The monoisotopic (exact) mass is 297 g/mol. The molecule has 0 saturated carbocycles. The average Bonchev–Trinajstić information content (AvgIpc) is 2.48. The van der Waals surface area contributed by atoms with Gasteiger partial charge in [0.1, 0.15) is 5.75 Å². The highest BCUT2D eigenvalue weighted by molar-refractivity contribution is 5.36. The average molecular weight is 297 g/mol. The predicted octanol–water partition coefficient (Wildman–Crippen LogP) is 5.17. The Labute approximate surface area is 134 Å². The molecule has 0 radical (unpaired) electrons. The first-order valence-corrected chi connectivity index (χ1v) is 7.87. The van der Waals surface area contributed by atoms with Gasteiger partial charge in [-0.15, -0.1) is 0 Å². The van der Waals surface area contributed by atoms with E-state index in [9.17, 15) is 5.11 Å². The zero-order valence-electron chi connectivity index (χ0n) is 14.2. The van der Waals surface area contributed by atoms with Gasteiger partial charge < -0.3 is 5.11 Å². The Balaban J connectivity index is 2.40. The molecule has 118 valence electrons. The third kappa shape index (κ3) is 3.50.